The smallest absolute Gasteiger partial charge is 0.162 e. The van der Waals surface area contributed by atoms with Gasteiger partial charge in [0.1, 0.15) is 11.6 Å². The summed E-state index contributed by atoms with van der Waals surface area (Å²) in [5, 5.41) is 9.95. The number of nitriles is 1. The number of hydrogen-bond donors (Lipinski definition) is 0. The van der Waals surface area contributed by atoms with Crippen LogP contribution in [0.25, 0.3) is 22.3 Å². The van der Waals surface area contributed by atoms with Crippen molar-refractivity contribution in [3.63, 3.8) is 0 Å². The molecule has 0 amide bonds. The van der Waals surface area contributed by atoms with E-state index in [1.165, 1.54) is 6.20 Å². The van der Waals surface area contributed by atoms with Gasteiger partial charge < -0.3 is 0 Å². The highest BCUT2D eigenvalue weighted by molar-refractivity contribution is 6.30. The molecule has 0 fully saturated rings. The van der Waals surface area contributed by atoms with Crippen molar-refractivity contribution in [2.24, 2.45) is 0 Å². The molecule has 0 bridgehead atoms. The summed E-state index contributed by atoms with van der Waals surface area (Å²) < 4.78 is 0. The van der Waals surface area contributed by atoms with Gasteiger partial charge in [-0.15, -0.1) is 0 Å². The van der Waals surface area contributed by atoms with Crippen LogP contribution in [0.15, 0.2) is 42.7 Å². The van der Waals surface area contributed by atoms with Gasteiger partial charge in [-0.05, 0) is 12.1 Å². The Morgan fingerprint density at radius 2 is 1.95 bits per heavy atom. The Bertz CT molecular complexity index is 808. The minimum Gasteiger partial charge on any atom is -0.255 e. The van der Waals surface area contributed by atoms with Crippen LogP contribution < -0.4 is 0 Å². The molecule has 0 spiro atoms. The number of nitrogens with zero attached hydrogens (tertiary/aromatic N) is 4. The summed E-state index contributed by atoms with van der Waals surface area (Å²) in [4.78, 5) is 12.6. The predicted molar refractivity (Wildman–Crippen MR) is 72.5 cm³/mol. The van der Waals surface area contributed by atoms with Gasteiger partial charge in [0.25, 0.3) is 0 Å². The average Bonchev–Trinajstić information content (AvgIpc) is 2.46. The zero-order valence-corrected chi connectivity index (χ0v) is 10.5. The van der Waals surface area contributed by atoms with Crippen molar-refractivity contribution in [1.29, 1.82) is 5.26 Å². The van der Waals surface area contributed by atoms with E-state index in [2.05, 4.69) is 15.0 Å². The number of para-hydroxylation sites is 1. The Kier molecular flexibility index (Phi) is 2.82. The Hall–Kier alpha value is -2.51. The van der Waals surface area contributed by atoms with Crippen LogP contribution in [-0.4, -0.2) is 15.0 Å². The second-order valence-corrected chi connectivity index (χ2v) is 4.28. The van der Waals surface area contributed by atoms with E-state index in [0.717, 1.165) is 16.5 Å². The number of benzene rings is 1. The van der Waals surface area contributed by atoms with Gasteiger partial charge in [-0.25, -0.2) is 9.97 Å². The Morgan fingerprint density at radius 3 is 2.74 bits per heavy atom. The van der Waals surface area contributed by atoms with Crippen LogP contribution in [0.4, 0.5) is 0 Å². The maximum Gasteiger partial charge on any atom is 0.162 e. The maximum absolute atomic E-state index is 8.79. The molecule has 4 nitrogen and oxygen atoms in total. The van der Waals surface area contributed by atoms with E-state index in [0.29, 0.717) is 5.82 Å². The lowest BCUT2D eigenvalue weighted by Gasteiger charge is -2.03. The van der Waals surface area contributed by atoms with Gasteiger partial charge in [0.2, 0.25) is 0 Å². The second-order valence-electron chi connectivity index (χ2n) is 3.93. The molecule has 0 aliphatic heterocycles. The van der Waals surface area contributed by atoms with Gasteiger partial charge in [-0.2, -0.15) is 5.26 Å². The van der Waals surface area contributed by atoms with Gasteiger partial charge in [0.15, 0.2) is 11.0 Å². The molecule has 0 N–H and O–H groups in total. The summed E-state index contributed by atoms with van der Waals surface area (Å²) >= 11 is 5.90. The molecule has 0 atom stereocenters. The molecule has 3 aromatic rings. The molecule has 0 saturated heterocycles. The third-order valence-corrected chi connectivity index (χ3v) is 3.00. The van der Waals surface area contributed by atoms with Gasteiger partial charge in [0.05, 0.1) is 11.7 Å². The summed E-state index contributed by atoms with van der Waals surface area (Å²) in [7, 11) is 0. The van der Waals surface area contributed by atoms with Gasteiger partial charge in [-0.3, -0.25) is 4.98 Å². The van der Waals surface area contributed by atoms with Crippen molar-refractivity contribution >= 4 is 22.5 Å². The van der Waals surface area contributed by atoms with Crippen molar-refractivity contribution in [3.05, 3.63) is 53.4 Å². The molecule has 3 rings (SSSR count). The van der Waals surface area contributed by atoms with E-state index in [1.807, 2.05) is 36.4 Å². The first-order chi connectivity index (χ1) is 9.28. The molecular formula is C14H7ClN4. The van der Waals surface area contributed by atoms with Crippen LogP contribution in [0.5, 0.6) is 0 Å². The Balaban J connectivity index is 2.14. The van der Waals surface area contributed by atoms with Crippen LogP contribution in [0, 0.1) is 11.3 Å². The van der Waals surface area contributed by atoms with Crippen molar-refractivity contribution in [3.8, 4) is 17.5 Å². The second kappa shape index (κ2) is 4.63. The Labute approximate surface area is 114 Å². The van der Waals surface area contributed by atoms with Gasteiger partial charge in [0, 0.05) is 17.1 Å². The van der Waals surface area contributed by atoms with Gasteiger partial charge in [-0.1, -0.05) is 29.8 Å². The fourth-order valence-corrected chi connectivity index (χ4v) is 1.94. The first-order valence-electron chi connectivity index (χ1n) is 5.56. The molecule has 0 unspecified atom stereocenters. The van der Waals surface area contributed by atoms with Crippen molar-refractivity contribution < 1.29 is 0 Å². The summed E-state index contributed by atoms with van der Waals surface area (Å²) in [6, 6.07) is 11.7. The quantitative estimate of drug-likeness (QED) is 0.635. The highest BCUT2D eigenvalue weighted by atomic mass is 35.5. The van der Waals surface area contributed by atoms with E-state index >= 15 is 0 Å². The van der Waals surface area contributed by atoms with Gasteiger partial charge >= 0.3 is 0 Å². The topological polar surface area (TPSA) is 62.5 Å². The maximum atomic E-state index is 8.79. The summed E-state index contributed by atoms with van der Waals surface area (Å²) in [5.74, 6) is 0.460. The van der Waals surface area contributed by atoms with E-state index in [4.69, 9.17) is 16.9 Å². The van der Waals surface area contributed by atoms with E-state index in [-0.39, 0.29) is 10.7 Å². The zero-order chi connectivity index (χ0) is 13.2. The molecule has 0 saturated carbocycles. The van der Waals surface area contributed by atoms with E-state index < -0.39 is 0 Å². The molecule has 0 aliphatic carbocycles. The van der Waals surface area contributed by atoms with Crippen molar-refractivity contribution in [1.82, 2.24) is 15.0 Å². The van der Waals surface area contributed by atoms with Crippen LogP contribution in [0.3, 0.4) is 0 Å². The van der Waals surface area contributed by atoms with Crippen LogP contribution >= 0.6 is 11.6 Å². The average molecular weight is 267 g/mol. The fraction of sp³-hybridized carbons (Fsp3) is 0. The molecule has 90 valence electrons. The molecule has 1 aromatic carbocycles. The molecule has 2 heterocycles. The third kappa shape index (κ3) is 2.12. The first-order valence-corrected chi connectivity index (χ1v) is 5.93. The SMILES string of the molecule is N#Cc1cnc(-c2cnc3ccccc3c2)nc1Cl. The zero-order valence-electron chi connectivity index (χ0n) is 9.71. The molecule has 0 aliphatic rings. The minimum atomic E-state index is 0.153. The lowest BCUT2D eigenvalue weighted by molar-refractivity contribution is 1.15. The number of halogens is 1. The molecule has 19 heavy (non-hydrogen) atoms. The number of rotatable bonds is 1. The highest BCUT2D eigenvalue weighted by Crippen LogP contribution is 2.21. The summed E-state index contributed by atoms with van der Waals surface area (Å²) in [5.41, 5.74) is 1.94. The first kappa shape index (κ1) is 11.6. The lowest BCUT2D eigenvalue weighted by Crippen LogP contribution is -1.93. The minimum absolute atomic E-state index is 0.153. The summed E-state index contributed by atoms with van der Waals surface area (Å²) in [6.45, 7) is 0. The number of fused-ring (bicyclic) bond motifs is 1. The molecule has 0 radical (unpaired) electrons. The molecule has 5 heteroatoms. The largest absolute Gasteiger partial charge is 0.255 e. The van der Waals surface area contributed by atoms with Crippen LogP contribution in [0.2, 0.25) is 5.15 Å². The third-order valence-electron chi connectivity index (χ3n) is 2.71. The Morgan fingerprint density at radius 1 is 1.11 bits per heavy atom. The van der Waals surface area contributed by atoms with Crippen LogP contribution in [-0.2, 0) is 0 Å². The monoisotopic (exact) mass is 266 g/mol. The van der Waals surface area contributed by atoms with E-state index in [1.54, 1.807) is 6.20 Å². The number of pyridine rings is 1. The van der Waals surface area contributed by atoms with Crippen LogP contribution in [0.1, 0.15) is 5.56 Å². The van der Waals surface area contributed by atoms with Crippen molar-refractivity contribution in [2.75, 3.05) is 0 Å². The normalized spacial score (nSPS) is 10.3. The fourth-order valence-electron chi connectivity index (χ4n) is 1.77. The standard InChI is InChI=1S/C14H7ClN4/c15-13-11(6-16)8-18-14(19-13)10-5-9-3-1-2-4-12(9)17-7-10/h1-5,7-8H. The van der Waals surface area contributed by atoms with E-state index in [9.17, 15) is 0 Å². The molecular weight excluding hydrogens is 260 g/mol. The number of aromatic nitrogens is 3. The predicted octanol–water partition coefficient (Wildman–Crippen LogP) is 3.22. The molecule has 2 aromatic heterocycles. The lowest BCUT2D eigenvalue weighted by atomic mass is 10.1. The summed E-state index contributed by atoms with van der Waals surface area (Å²) in [6.07, 6.45) is 3.11. The number of hydrogen-bond acceptors (Lipinski definition) is 4. The van der Waals surface area contributed by atoms with Crippen molar-refractivity contribution in [2.45, 2.75) is 0 Å². The highest BCUT2D eigenvalue weighted by Gasteiger charge is 2.07.